The van der Waals surface area contributed by atoms with Crippen molar-refractivity contribution in [2.45, 2.75) is 6.54 Å². The van der Waals surface area contributed by atoms with Crippen molar-refractivity contribution in [1.29, 1.82) is 0 Å². The first-order valence-electron chi connectivity index (χ1n) is 3.56. The highest BCUT2D eigenvalue weighted by molar-refractivity contribution is 5.24. The SMILES string of the molecule is O=c1c([N+](=O)[O-])cccn1CCF. The number of halogens is 1. The first-order chi connectivity index (χ1) is 6.16. The van der Waals surface area contributed by atoms with Gasteiger partial charge in [-0.05, 0) is 6.07 Å². The fraction of sp³-hybridized carbons (Fsp3) is 0.286. The van der Waals surface area contributed by atoms with Crippen molar-refractivity contribution in [3.63, 3.8) is 0 Å². The molecule has 0 saturated heterocycles. The van der Waals surface area contributed by atoms with E-state index in [1.54, 1.807) is 0 Å². The highest BCUT2D eigenvalue weighted by Crippen LogP contribution is 2.01. The number of nitro groups is 1. The monoisotopic (exact) mass is 186 g/mol. The van der Waals surface area contributed by atoms with Gasteiger partial charge < -0.3 is 4.57 Å². The normalized spacial score (nSPS) is 9.92. The molecule has 0 radical (unpaired) electrons. The molecule has 0 unspecified atom stereocenters. The van der Waals surface area contributed by atoms with Crippen LogP contribution in [0.5, 0.6) is 0 Å². The maximum Gasteiger partial charge on any atom is 0.334 e. The zero-order chi connectivity index (χ0) is 9.84. The summed E-state index contributed by atoms with van der Waals surface area (Å²) >= 11 is 0. The Hall–Kier alpha value is -1.72. The molecular formula is C7H7FN2O3. The van der Waals surface area contributed by atoms with Gasteiger partial charge in [0.1, 0.15) is 6.67 Å². The van der Waals surface area contributed by atoms with E-state index in [4.69, 9.17) is 0 Å². The molecule has 70 valence electrons. The summed E-state index contributed by atoms with van der Waals surface area (Å²) in [6.45, 7) is -0.873. The van der Waals surface area contributed by atoms with Crippen molar-refractivity contribution in [2.75, 3.05) is 6.67 Å². The summed E-state index contributed by atoms with van der Waals surface area (Å²) in [4.78, 5) is 20.7. The largest absolute Gasteiger partial charge is 0.334 e. The summed E-state index contributed by atoms with van der Waals surface area (Å²) in [5, 5.41) is 10.3. The van der Waals surface area contributed by atoms with Crippen LogP contribution in [0.25, 0.3) is 0 Å². The van der Waals surface area contributed by atoms with Crippen LogP contribution in [0.4, 0.5) is 10.1 Å². The molecule has 1 heterocycles. The van der Waals surface area contributed by atoms with Crippen molar-refractivity contribution < 1.29 is 9.31 Å². The lowest BCUT2D eigenvalue weighted by Crippen LogP contribution is -2.22. The molecule has 0 aliphatic rings. The van der Waals surface area contributed by atoms with Crippen LogP contribution in [0, 0.1) is 10.1 Å². The summed E-state index contributed by atoms with van der Waals surface area (Å²) in [6, 6.07) is 2.44. The third-order valence-electron chi connectivity index (χ3n) is 1.52. The molecular weight excluding hydrogens is 179 g/mol. The molecule has 0 aromatic carbocycles. The Morgan fingerprint density at radius 3 is 2.85 bits per heavy atom. The van der Waals surface area contributed by atoms with Gasteiger partial charge in [-0.25, -0.2) is 4.39 Å². The number of pyridine rings is 1. The fourth-order valence-corrected chi connectivity index (χ4v) is 0.930. The molecule has 0 spiro atoms. The van der Waals surface area contributed by atoms with Crippen LogP contribution in [0.3, 0.4) is 0 Å². The second-order valence-corrected chi connectivity index (χ2v) is 2.34. The maximum atomic E-state index is 11.9. The topological polar surface area (TPSA) is 65.1 Å². The summed E-state index contributed by atoms with van der Waals surface area (Å²) in [6.07, 6.45) is 1.31. The van der Waals surface area contributed by atoms with Crippen LogP contribution in [0.2, 0.25) is 0 Å². The van der Waals surface area contributed by atoms with E-state index in [0.29, 0.717) is 0 Å². The molecule has 0 aliphatic heterocycles. The Morgan fingerprint density at radius 2 is 2.31 bits per heavy atom. The molecule has 0 fully saturated rings. The molecule has 0 amide bonds. The number of aryl methyl sites for hydroxylation is 1. The molecule has 0 N–H and O–H groups in total. The summed E-state index contributed by atoms with van der Waals surface area (Å²) in [5.41, 5.74) is -1.30. The van der Waals surface area contributed by atoms with E-state index < -0.39 is 22.8 Å². The molecule has 5 nitrogen and oxygen atoms in total. The van der Waals surface area contributed by atoms with E-state index in [2.05, 4.69) is 0 Å². The summed E-state index contributed by atoms with van der Waals surface area (Å²) in [5.74, 6) is 0. The number of alkyl halides is 1. The predicted octanol–water partition coefficient (Wildman–Crippen LogP) is 0.726. The fourth-order valence-electron chi connectivity index (χ4n) is 0.930. The smallest absolute Gasteiger partial charge is 0.307 e. The first kappa shape index (κ1) is 9.37. The van der Waals surface area contributed by atoms with Gasteiger partial charge in [0.15, 0.2) is 0 Å². The Kier molecular flexibility index (Phi) is 2.73. The third kappa shape index (κ3) is 1.90. The van der Waals surface area contributed by atoms with Gasteiger partial charge in [0.2, 0.25) is 0 Å². The lowest BCUT2D eigenvalue weighted by molar-refractivity contribution is -0.386. The lowest BCUT2D eigenvalue weighted by atomic mass is 10.4. The van der Waals surface area contributed by atoms with Crippen LogP contribution in [-0.4, -0.2) is 16.2 Å². The molecule has 0 aliphatic carbocycles. The number of rotatable bonds is 3. The van der Waals surface area contributed by atoms with Gasteiger partial charge in [0.25, 0.3) is 0 Å². The van der Waals surface area contributed by atoms with Gasteiger partial charge in [-0.1, -0.05) is 0 Å². The highest BCUT2D eigenvalue weighted by Gasteiger charge is 2.12. The van der Waals surface area contributed by atoms with Gasteiger partial charge in [-0.15, -0.1) is 0 Å². The Labute approximate surface area is 72.6 Å². The van der Waals surface area contributed by atoms with Crippen LogP contribution in [0.1, 0.15) is 0 Å². The van der Waals surface area contributed by atoms with Crippen molar-refractivity contribution in [2.24, 2.45) is 0 Å². The van der Waals surface area contributed by atoms with Crippen LogP contribution in [-0.2, 0) is 6.54 Å². The van der Waals surface area contributed by atoms with E-state index in [9.17, 15) is 19.3 Å². The van der Waals surface area contributed by atoms with E-state index >= 15 is 0 Å². The second kappa shape index (κ2) is 3.79. The summed E-state index contributed by atoms with van der Waals surface area (Å²) < 4.78 is 12.8. The molecule has 1 aromatic heterocycles. The van der Waals surface area contributed by atoms with Gasteiger partial charge in [-0.2, -0.15) is 0 Å². The molecule has 0 atom stereocenters. The highest BCUT2D eigenvalue weighted by atomic mass is 19.1. The molecule has 13 heavy (non-hydrogen) atoms. The van der Waals surface area contributed by atoms with Gasteiger partial charge in [0, 0.05) is 12.3 Å². The standard InChI is InChI=1S/C7H7FN2O3/c8-3-5-9-4-1-2-6(7(9)11)10(12)13/h1-2,4H,3,5H2. The molecule has 1 aromatic rings. The lowest BCUT2D eigenvalue weighted by Gasteiger charge is -1.99. The average Bonchev–Trinajstić information content (AvgIpc) is 2.08. The second-order valence-electron chi connectivity index (χ2n) is 2.34. The van der Waals surface area contributed by atoms with Gasteiger partial charge in [0.05, 0.1) is 11.5 Å². The number of hydrogen-bond donors (Lipinski definition) is 0. The van der Waals surface area contributed by atoms with Crippen molar-refractivity contribution in [1.82, 2.24) is 4.57 Å². The van der Waals surface area contributed by atoms with Crippen LogP contribution in [0.15, 0.2) is 23.1 Å². The van der Waals surface area contributed by atoms with E-state index in [1.807, 2.05) is 0 Å². The molecule has 0 saturated carbocycles. The minimum atomic E-state index is -0.781. The predicted molar refractivity (Wildman–Crippen MR) is 43.3 cm³/mol. The average molecular weight is 186 g/mol. The van der Waals surface area contributed by atoms with Gasteiger partial charge in [-0.3, -0.25) is 14.9 Å². The van der Waals surface area contributed by atoms with E-state index in [1.165, 1.54) is 12.3 Å². The zero-order valence-corrected chi connectivity index (χ0v) is 6.64. The Bertz CT molecular complexity index is 374. The van der Waals surface area contributed by atoms with Crippen LogP contribution >= 0.6 is 0 Å². The first-order valence-corrected chi connectivity index (χ1v) is 3.56. The van der Waals surface area contributed by atoms with Crippen LogP contribution < -0.4 is 5.56 Å². The minimum Gasteiger partial charge on any atom is -0.307 e. The van der Waals surface area contributed by atoms with E-state index in [-0.39, 0.29) is 6.54 Å². The van der Waals surface area contributed by atoms with Gasteiger partial charge >= 0.3 is 11.2 Å². The third-order valence-corrected chi connectivity index (χ3v) is 1.52. The number of nitrogens with zero attached hydrogens (tertiary/aromatic N) is 2. The molecule has 0 bridgehead atoms. The molecule has 1 rings (SSSR count). The van der Waals surface area contributed by atoms with E-state index in [0.717, 1.165) is 10.6 Å². The zero-order valence-electron chi connectivity index (χ0n) is 6.64. The quantitative estimate of drug-likeness (QED) is 0.516. The Balaban J connectivity index is 3.19. The summed E-state index contributed by atoms with van der Waals surface area (Å²) in [7, 11) is 0. The maximum absolute atomic E-state index is 11.9. The Morgan fingerprint density at radius 1 is 1.62 bits per heavy atom. The molecule has 6 heteroatoms. The van der Waals surface area contributed by atoms with Crippen molar-refractivity contribution in [3.8, 4) is 0 Å². The minimum absolute atomic E-state index is 0.152. The number of hydrogen-bond acceptors (Lipinski definition) is 3. The van der Waals surface area contributed by atoms with Crippen molar-refractivity contribution in [3.05, 3.63) is 38.8 Å². The van der Waals surface area contributed by atoms with Crippen molar-refractivity contribution >= 4 is 5.69 Å². The number of aromatic nitrogens is 1.